The molecule has 2 saturated heterocycles. The van der Waals surface area contributed by atoms with Gasteiger partial charge < -0.3 is 25.6 Å². The minimum atomic E-state index is -0.676. The number of piperidine rings is 1. The zero-order valence-corrected chi connectivity index (χ0v) is 30.5. The number of nitrogens with one attached hydrogen (secondary N) is 2. The van der Waals surface area contributed by atoms with E-state index in [1.807, 2.05) is 28.7 Å². The summed E-state index contributed by atoms with van der Waals surface area (Å²) < 4.78 is 7.76. The number of anilines is 2. The molecular weight excluding hydrogens is 723 g/mol. The number of pyridine rings is 1. The average molecular weight is 760 g/mol. The molecule has 2 fully saturated rings. The number of nitrogens with zero attached hydrogens (tertiary/aromatic N) is 6. The van der Waals surface area contributed by atoms with Gasteiger partial charge in [0.25, 0.3) is 11.8 Å². The molecule has 0 aliphatic carbocycles. The van der Waals surface area contributed by atoms with Gasteiger partial charge in [-0.25, -0.2) is 15.0 Å². The number of likely N-dealkylation sites (tertiary alicyclic amines) is 1. The first-order valence-electron chi connectivity index (χ1n) is 18.0. The van der Waals surface area contributed by atoms with Gasteiger partial charge in [-0.2, -0.15) is 0 Å². The molecule has 2 aromatic carbocycles. The van der Waals surface area contributed by atoms with Crippen LogP contribution in [0.3, 0.4) is 0 Å². The van der Waals surface area contributed by atoms with Gasteiger partial charge in [0.1, 0.15) is 41.3 Å². The number of carbonyl (C=O) groups excluding carboxylic acids is 5. The lowest BCUT2D eigenvalue weighted by molar-refractivity contribution is -0.138. The molecule has 1 unspecified atom stereocenters. The summed E-state index contributed by atoms with van der Waals surface area (Å²) in [7, 11) is 0. The Morgan fingerprint density at radius 1 is 0.982 bits per heavy atom. The molecule has 4 N–H and O–H groups in total. The number of nitrogens with two attached hydrogens (primary N) is 1. The number of hydrogen-bond donors (Lipinski definition) is 3. The number of carbonyl (C=O) groups is 5. The molecule has 5 aromatic rings. The summed E-state index contributed by atoms with van der Waals surface area (Å²) >= 11 is 1.53. The fourth-order valence-electron chi connectivity index (χ4n) is 7.41. The zero-order valence-electron chi connectivity index (χ0n) is 29.6. The smallest absolute Gasteiger partial charge is 0.256 e. The summed E-state index contributed by atoms with van der Waals surface area (Å²) in [6, 6.07) is 16.9. The number of thioether (sulfide) groups is 1. The summed E-state index contributed by atoms with van der Waals surface area (Å²) in [5.41, 5.74) is 10.2. The summed E-state index contributed by atoms with van der Waals surface area (Å²) in [6.07, 6.45) is 7.01. The van der Waals surface area contributed by atoms with Crippen LogP contribution >= 0.6 is 11.8 Å². The number of fused-ring (bicyclic) bond motifs is 2. The largest absolute Gasteiger partial charge is 0.382 e. The van der Waals surface area contributed by atoms with Crippen LogP contribution < -0.4 is 16.4 Å². The number of ether oxygens (including phenoxy) is 1. The first-order valence-corrected chi connectivity index (χ1v) is 19.0. The van der Waals surface area contributed by atoms with E-state index in [-0.39, 0.29) is 42.7 Å². The van der Waals surface area contributed by atoms with Crippen molar-refractivity contribution in [3.05, 3.63) is 102 Å². The van der Waals surface area contributed by atoms with Crippen LogP contribution in [-0.4, -0.2) is 90.2 Å². The van der Waals surface area contributed by atoms with Crippen molar-refractivity contribution in [1.82, 2.24) is 34.5 Å². The van der Waals surface area contributed by atoms with Crippen LogP contribution in [0.1, 0.15) is 63.8 Å². The maximum absolute atomic E-state index is 13.6. The molecule has 55 heavy (non-hydrogen) atoms. The maximum atomic E-state index is 13.6. The third-order valence-corrected chi connectivity index (χ3v) is 11.1. The van der Waals surface area contributed by atoms with Crippen molar-refractivity contribution in [2.75, 3.05) is 36.6 Å². The van der Waals surface area contributed by atoms with E-state index in [4.69, 9.17) is 15.5 Å². The Morgan fingerprint density at radius 3 is 2.64 bits per heavy atom. The molecule has 6 heterocycles. The lowest BCUT2D eigenvalue weighted by Gasteiger charge is -2.29. The maximum Gasteiger partial charge on any atom is 0.256 e. The third kappa shape index (κ3) is 7.13. The molecule has 0 bridgehead atoms. The molecule has 280 valence electrons. The van der Waals surface area contributed by atoms with E-state index in [0.29, 0.717) is 78.1 Å². The van der Waals surface area contributed by atoms with Gasteiger partial charge in [0.2, 0.25) is 17.7 Å². The highest BCUT2D eigenvalue weighted by Crippen LogP contribution is 2.37. The highest BCUT2D eigenvalue weighted by Gasteiger charge is 2.40. The second kappa shape index (κ2) is 15.3. The summed E-state index contributed by atoms with van der Waals surface area (Å²) in [6.45, 7) is 1.05. The molecule has 3 aromatic heterocycles. The lowest BCUT2D eigenvalue weighted by atomic mass is 10.0. The van der Waals surface area contributed by atoms with E-state index < -0.39 is 11.9 Å². The van der Waals surface area contributed by atoms with Crippen LogP contribution in [0.4, 0.5) is 11.6 Å². The first kappa shape index (κ1) is 35.9. The van der Waals surface area contributed by atoms with Gasteiger partial charge in [0, 0.05) is 65.4 Å². The van der Waals surface area contributed by atoms with E-state index in [2.05, 4.69) is 20.6 Å². The van der Waals surface area contributed by atoms with Crippen LogP contribution in [-0.2, 0) is 25.7 Å². The van der Waals surface area contributed by atoms with Gasteiger partial charge in [-0.3, -0.25) is 33.7 Å². The van der Waals surface area contributed by atoms with E-state index in [1.165, 1.54) is 16.7 Å². The van der Waals surface area contributed by atoms with Gasteiger partial charge >= 0.3 is 0 Å². The van der Waals surface area contributed by atoms with E-state index in [0.717, 1.165) is 22.4 Å². The lowest BCUT2D eigenvalue weighted by Crippen LogP contribution is -2.52. The fourth-order valence-corrected chi connectivity index (χ4v) is 8.35. The highest BCUT2D eigenvalue weighted by molar-refractivity contribution is 7.99. The Labute approximate surface area is 319 Å². The van der Waals surface area contributed by atoms with Crippen molar-refractivity contribution in [2.45, 2.75) is 49.2 Å². The Bertz CT molecular complexity index is 2320. The van der Waals surface area contributed by atoms with E-state index in [9.17, 15) is 24.0 Å². The molecule has 8 rings (SSSR count). The second-order valence-corrected chi connectivity index (χ2v) is 14.6. The van der Waals surface area contributed by atoms with Crippen LogP contribution in [0.5, 0.6) is 0 Å². The van der Waals surface area contributed by atoms with Crippen LogP contribution in [0.15, 0.2) is 84.1 Å². The van der Waals surface area contributed by atoms with Gasteiger partial charge in [0.05, 0.1) is 12.6 Å². The molecule has 5 amide bonds. The first-order chi connectivity index (χ1) is 26.8. The van der Waals surface area contributed by atoms with Crippen molar-refractivity contribution in [3.63, 3.8) is 0 Å². The van der Waals surface area contributed by atoms with E-state index in [1.54, 1.807) is 59.9 Å². The molecule has 16 heteroatoms. The van der Waals surface area contributed by atoms with Crippen molar-refractivity contribution in [1.29, 1.82) is 0 Å². The van der Waals surface area contributed by atoms with Gasteiger partial charge in [-0.15, -0.1) is 11.8 Å². The number of aromatic nitrogens is 4. The molecule has 3 aliphatic heterocycles. The minimum absolute atomic E-state index is 0.104. The molecule has 15 nitrogen and oxygen atoms in total. The Morgan fingerprint density at radius 2 is 1.84 bits per heavy atom. The summed E-state index contributed by atoms with van der Waals surface area (Å²) in [5.74, 6) is 0.532. The van der Waals surface area contributed by atoms with Gasteiger partial charge in [-0.1, -0.05) is 24.3 Å². The second-order valence-electron chi connectivity index (χ2n) is 13.4. The minimum Gasteiger partial charge on any atom is -0.382 e. The van der Waals surface area contributed by atoms with Gasteiger partial charge in [-0.05, 0) is 61.2 Å². The Hall–Kier alpha value is -6.13. The molecule has 3 aliphatic rings. The average Bonchev–Trinajstić information content (AvgIpc) is 3.92. The van der Waals surface area contributed by atoms with Crippen LogP contribution in [0, 0.1) is 0 Å². The van der Waals surface area contributed by atoms with Crippen LogP contribution in [0.25, 0.3) is 16.8 Å². The molecule has 0 saturated carbocycles. The summed E-state index contributed by atoms with van der Waals surface area (Å²) in [5, 5.41) is 5.12. The summed E-state index contributed by atoms with van der Waals surface area (Å²) in [4.78, 5) is 81.4. The number of nitrogen functional groups attached to an aromatic ring is 1. The zero-order chi connectivity index (χ0) is 38.1. The monoisotopic (exact) mass is 759 g/mol. The molecule has 0 spiro atoms. The topological polar surface area (TPSA) is 194 Å². The van der Waals surface area contributed by atoms with Crippen LogP contribution in [0.2, 0.25) is 0 Å². The van der Waals surface area contributed by atoms with Crippen molar-refractivity contribution >= 4 is 58.5 Å². The SMILES string of the molecule is Nc1nccn2c([C@@H]3CCCN3C(=O)COCCSc3cccc4c3CN(C3CCC(=O)NC3=O)C4=O)nc(-c3ccc(C(=O)Nc4ccccn4)cc3)c12. The third-order valence-electron chi connectivity index (χ3n) is 10.1. The normalized spacial score (nSPS) is 18.1. The molecule has 2 atom stereocenters. The number of amides is 5. The number of rotatable bonds is 11. The predicted octanol–water partition coefficient (Wildman–Crippen LogP) is 3.86. The number of hydrogen-bond acceptors (Lipinski definition) is 11. The predicted molar refractivity (Wildman–Crippen MR) is 203 cm³/mol. The van der Waals surface area contributed by atoms with Gasteiger partial charge in [0.15, 0.2) is 0 Å². The van der Waals surface area contributed by atoms with Crippen molar-refractivity contribution in [3.8, 4) is 11.3 Å². The fraction of sp³-hybridized carbons (Fsp3) is 0.282. The molecular formula is C39H37N9O6S. The Balaban J connectivity index is 0.902. The van der Waals surface area contributed by atoms with E-state index >= 15 is 0 Å². The number of benzene rings is 2. The highest BCUT2D eigenvalue weighted by atomic mass is 32.2. The molecule has 0 radical (unpaired) electrons. The number of imide groups is 1. The number of imidazole rings is 1. The van der Waals surface area contributed by atoms with Crippen molar-refractivity contribution in [2.24, 2.45) is 0 Å². The Kier molecular flexibility index (Phi) is 9.99. The quantitative estimate of drug-likeness (QED) is 0.101. The van der Waals surface area contributed by atoms with Crippen molar-refractivity contribution < 1.29 is 28.7 Å². The standard InChI is InChI=1S/C39H37N9O6S/c40-35-34-33(23-9-11-24(12-10-23)37(51)43-30-8-1-2-15-41-30)45-36(47(34)18-16-42-35)27-6-4-17-46(27)32(50)22-54-19-20-55-29-7-3-5-25-26(29)21-48(39(25)53)28-13-14-31(49)44-38(28)52/h1-3,5,7-12,15-16,18,27-28H,4,6,13-14,17,19-22H2,(H2,40,42)(H,41,43,51)(H,44,49,52)/t27-,28?/m0/s1.